The second-order valence-electron chi connectivity index (χ2n) is 5.93. The molecule has 3 heterocycles. The Morgan fingerprint density at radius 3 is 2.85 bits per heavy atom. The normalized spacial score (nSPS) is 29.3. The summed E-state index contributed by atoms with van der Waals surface area (Å²) in [7, 11) is -3.44. The summed E-state index contributed by atoms with van der Waals surface area (Å²) in [5, 5.41) is 6.57. The Balaban J connectivity index is 1.88. The molecular formula is C13H22N4O2S. The lowest BCUT2D eigenvalue weighted by atomic mass is 9.99. The van der Waals surface area contributed by atoms with E-state index in [1.807, 2.05) is 6.92 Å². The highest BCUT2D eigenvalue weighted by atomic mass is 32.2. The van der Waals surface area contributed by atoms with Crippen molar-refractivity contribution in [2.45, 2.75) is 50.1 Å². The number of sulfonamides is 1. The lowest BCUT2D eigenvalue weighted by Gasteiger charge is -2.46. The van der Waals surface area contributed by atoms with Crippen LogP contribution in [0.3, 0.4) is 0 Å². The van der Waals surface area contributed by atoms with Crippen LogP contribution in [0, 0.1) is 6.92 Å². The van der Waals surface area contributed by atoms with Crippen molar-refractivity contribution in [1.82, 2.24) is 19.4 Å². The first-order chi connectivity index (χ1) is 9.50. The monoisotopic (exact) mass is 298 g/mol. The lowest BCUT2D eigenvalue weighted by Crippen LogP contribution is -2.59. The van der Waals surface area contributed by atoms with Crippen molar-refractivity contribution in [1.29, 1.82) is 0 Å². The number of piperidine rings is 1. The molecule has 0 saturated carbocycles. The van der Waals surface area contributed by atoms with Crippen molar-refractivity contribution in [3.05, 3.63) is 11.9 Å². The summed E-state index contributed by atoms with van der Waals surface area (Å²) in [5.74, 6) is 0. The van der Waals surface area contributed by atoms with E-state index in [0.717, 1.165) is 19.5 Å². The number of hydrogen-bond acceptors (Lipinski definition) is 4. The second kappa shape index (κ2) is 5.13. The van der Waals surface area contributed by atoms with Gasteiger partial charge in [-0.25, -0.2) is 8.42 Å². The lowest BCUT2D eigenvalue weighted by molar-refractivity contribution is 0.0564. The first kappa shape index (κ1) is 14.0. The molecule has 2 unspecified atom stereocenters. The maximum absolute atomic E-state index is 12.8. The van der Waals surface area contributed by atoms with Crippen LogP contribution in [0.5, 0.6) is 0 Å². The predicted molar refractivity (Wildman–Crippen MR) is 75.9 cm³/mol. The Kier molecular flexibility index (Phi) is 3.60. The summed E-state index contributed by atoms with van der Waals surface area (Å²) < 4.78 is 27.3. The van der Waals surface area contributed by atoms with Gasteiger partial charge in [-0.2, -0.15) is 9.40 Å². The number of aromatic nitrogens is 2. The van der Waals surface area contributed by atoms with E-state index >= 15 is 0 Å². The maximum atomic E-state index is 12.8. The van der Waals surface area contributed by atoms with E-state index in [0.29, 0.717) is 23.2 Å². The molecule has 1 aromatic rings. The maximum Gasteiger partial charge on any atom is 0.246 e. The fraction of sp³-hybridized carbons (Fsp3) is 0.769. The number of aromatic amines is 1. The molecule has 1 N–H and O–H groups in total. The van der Waals surface area contributed by atoms with Crippen LogP contribution >= 0.6 is 0 Å². The van der Waals surface area contributed by atoms with Gasteiger partial charge in [-0.1, -0.05) is 6.42 Å². The van der Waals surface area contributed by atoms with Gasteiger partial charge in [-0.15, -0.1) is 0 Å². The number of aryl methyl sites for hydroxylation is 1. The third-order valence-corrected chi connectivity index (χ3v) is 6.59. The van der Waals surface area contributed by atoms with Crippen molar-refractivity contribution in [2.24, 2.45) is 0 Å². The minimum absolute atomic E-state index is 0.0173. The molecule has 2 fully saturated rings. The molecule has 0 amide bonds. The Hall–Kier alpha value is -0.920. The average Bonchev–Trinajstić information content (AvgIpc) is 2.85. The van der Waals surface area contributed by atoms with Gasteiger partial charge in [-0.3, -0.25) is 10.00 Å². The number of nitrogens with one attached hydrogen (secondary N) is 1. The summed E-state index contributed by atoms with van der Waals surface area (Å²) >= 11 is 0. The molecule has 0 aliphatic carbocycles. The molecule has 3 rings (SSSR count). The fourth-order valence-electron chi connectivity index (χ4n) is 3.39. The Labute approximate surface area is 120 Å². The molecule has 6 nitrogen and oxygen atoms in total. The minimum Gasteiger partial charge on any atom is -0.297 e. The zero-order valence-corrected chi connectivity index (χ0v) is 12.9. The van der Waals surface area contributed by atoms with Crippen LogP contribution < -0.4 is 0 Å². The third kappa shape index (κ3) is 2.27. The van der Waals surface area contributed by atoms with Gasteiger partial charge >= 0.3 is 0 Å². The third-order valence-electron chi connectivity index (χ3n) is 4.50. The summed E-state index contributed by atoms with van der Waals surface area (Å²) in [4.78, 5) is 2.76. The van der Waals surface area contributed by atoms with E-state index in [-0.39, 0.29) is 6.04 Å². The molecule has 0 radical (unpaired) electrons. The van der Waals surface area contributed by atoms with Crippen LogP contribution in [0.2, 0.25) is 0 Å². The quantitative estimate of drug-likeness (QED) is 0.883. The fourth-order valence-corrected chi connectivity index (χ4v) is 5.17. The van der Waals surface area contributed by atoms with Gasteiger partial charge in [0.2, 0.25) is 10.0 Å². The number of nitrogens with zero attached hydrogens (tertiary/aromatic N) is 3. The molecule has 0 aromatic carbocycles. The molecule has 0 bridgehead atoms. The highest BCUT2D eigenvalue weighted by molar-refractivity contribution is 7.89. The van der Waals surface area contributed by atoms with Gasteiger partial charge in [0.1, 0.15) is 4.90 Å². The molecule has 112 valence electrons. The first-order valence-electron chi connectivity index (χ1n) is 7.26. The highest BCUT2D eigenvalue weighted by Crippen LogP contribution is 2.28. The number of H-pyrrole nitrogens is 1. The number of piperazine rings is 1. The van der Waals surface area contributed by atoms with Crippen molar-refractivity contribution < 1.29 is 8.42 Å². The van der Waals surface area contributed by atoms with E-state index in [9.17, 15) is 8.42 Å². The number of fused-ring (bicyclic) bond motifs is 1. The van der Waals surface area contributed by atoms with Gasteiger partial charge in [-0.05, 0) is 33.2 Å². The van der Waals surface area contributed by atoms with Crippen LogP contribution in [0.15, 0.2) is 11.1 Å². The first-order valence-corrected chi connectivity index (χ1v) is 8.70. The molecule has 7 heteroatoms. The van der Waals surface area contributed by atoms with Crippen molar-refractivity contribution in [2.75, 3.05) is 19.6 Å². The van der Waals surface area contributed by atoms with Gasteiger partial charge in [0.25, 0.3) is 0 Å². The molecule has 2 atom stereocenters. The molecule has 0 spiro atoms. The van der Waals surface area contributed by atoms with E-state index in [4.69, 9.17) is 0 Å². The predicted octanol–water partition coefficient (Wildman–Crippen LogP) is 0.965. The molecule has 1 aromatic heterocycles. The molecule has 2 aliphatic heterocycles. The van der Waals surface area contributed by atoms with Crippen molar-refractivity contribution in [3.8, 4) is 0 Å². The zero-order chi connectivity index (χ0) is 14.3. The van der Waals surface area contributed by atoms with Crippen LogP contribution in [0.1, 0.15) is 31.9 Å². The molecule has 2 saturated heterocycles. The standard InChI is InChI=1S/C13H22N4O2S/c1-10-8-16-6-4-3-5-12(16)9-17(10)20(18,19)13-7-14-15-11(13)2/h7,10,12H,3-6,8-9H2,1-2H3,(H,14,15). The van der Waals surface area contributed by atoms with E-state index in [2.05, 4.69) is 15.1 Å². The molecular weight excluding hydrogens is 276 g/mol. The van der Waals surface area contributed by atoms with Crippen LogP contribution in [-0.2, 0) is 10.0 Å². The second-order valence-corrected chi connectivity index (χ2v) is 7.79. The Bertz CT molecular complexity index is 583. The largest absolute Gasteiger partial charge is 0.297 e. The number of rotatable bonds is 2. The smallest absolute Gasteiger partial charge is 0.246 e. The van der Waals surface area contributed by atoms with Crippen LogP contribution in [0.25, 0.3) is 0 Å². The summed E-state index contributed by atoms with van der Waals surface area (Å²) in [6.07, 6.45) is 4.96. The zero-order valence-electron chi connectivity index (χ0n) is 12.0. The van der Waals surface area contributed by atoms with Gasteiger partial charge in [0.05, 0.1) is 11.9 Å². The van der Waals surface area contributed by atoms with E-state index in [1.165, 1.54) is 19.0 Å². The van der Waals surface area contributed by atoms with Gasteiger partial charge in [0, 0.05) is 25.2 Å². The molecule has 2 aliphatic rings. The SMILES string of the molecule is Cc1[nH]ncc1S(=O)(=O)N1CC2CCCCN2CC1C. The van der Waals surface area contributed by atoms with E-state index < -0.39 is 10.0 Å². The Morgan fingerprint density at radius 1 is 1.35 bits per heavy atom. The summed E-state index contributed by atoms with van der Waals surface area (Å²) in [6, 6.07) is 0.394. The van der Waals surface area contributed by atoms with Gasteiger partial charge in [0.15, 0.2) is 0 Å². The topological polar surface area (TPSA) is 69.3 Å². The molecule has 20 heavy (non-hydrogen) atoms. The average molecular weight is 298 g/mol. The minimum atomic E-state index is -3.44. The van der Waals surface area contributed by atoms with Crippen molar-refractivity contribution >= 4 is 10.0 Å². The van der Waals surface area contributed by atoms with Crippen LogP contribution in [-0.4, -0.2) is 59.5 Å². The van der Waals surface area contributed by atoms with E-state index in [1.54, 1.807) is 11.2 Å². The number of hydrogen-bond donors (Lipinski definition) is 1. The summed E-state index contributed by atoms with van der Waals surface area (Å²) in [6.45, 7) is 6.29. The summed E-state index contributed by atoms with van der Waals surface area (Å²) in [5.41, 5.74) is 0.614. The highest BCUT2D eigenvalue weighted by Gasteiger charge is 2.40. The Morgan fingerprint density at radius 2 is 2.15 bits per heavy atom. The van der Waals surface area contributed by atoms with Gasteiger partial charge < -0.3 is 0 Å². The van der Waals surface area contributed by atoms with Crippen molar-refractivity contribution in [3.63, 3.8) is 0 Å². The van der Waals surface area contributed by atoms with Crippen LogP contribution in [0.4, 0.5) is 0 Å².